The Balaban J connectivity index is 1.83. The lowest BCUT2D eigenvalue weighted by atomic mass is 9.98. The van der Waals surface area contributed by atoms with Gasteiger partial charge in [0, 0.05) is 31.4 Å². The summed E-state index contributed by atoms with van der Waals surface area (Å²) in [4.78, 5) is 6.84. The van der Waals surface area contributed by atoms with Crippen molar-refractivity contribution in [2.45, 2.75) is 57.5 Å². The van der Waals surface area contributed by atoms with E-state index in [4.69, 9.17) is 0 Å². The lowest BCUT2D eigenvalue weighted by Crippen LogP contribution is -2.32. The fraction of sp³-hybridized carbons (Fsp3) is 0.647. The van der Waals surface area contributed by atoms with Crippen molar-refractivity contribution in [1.29, 1.82) is 0 Å². The fourth-order valence-electron chi connectivity index (χ4n) is 3.26. The first kappa shape index (κ1) is 15.3. The number of fused-ring (bicyclic) bond motifs is 1. The molecule has 2 aromatic heterocycles. The van der Waals surface area contributed by atoms with E-state index in [2.05, 4.69) is 41.9 Å². The van der Waals surface area contributed by atoms with Crippen LogP contribution in [0.3, 0.4) is 0 Å². The molecule has 1 aliphatic carbocycles. The van der Waals surface area contributed by atoms with Crippen molar-refractivity contribution in [3.63, 3.8) is 0 Å². The van der Waals surface area contributed by atoms with Crippen molar-refractivity contribution in [2.24, 2.45) is 0 Å². The second-order valence-electron chi connectivity index (χ2n) is 6.90. The molecule has 3 rings (SSSR count). The highest BCUT2D eigenvalue weighted by Crippen LogP contribution is 2.32. The monoisotopic (exact) mass is 302 g/mol. The Kier molecular flexibility index (Phi) is 4.08. The third kappa shape index (κ3) is 2.95. The van der Waals surface area contributed by atoms with Crippen molar-refractivity contribution in [1.82, 2.24) is 14.6 Å². The van der Waals surface area contributed by atoms with E-state index < -0.39 is 5.60 Å². The lowest BCUT2D eigenvalue weighted by molar-refractivity contribution is 0.0410. The van der Waals surface area contributed by atoms with Crippen LogP contribution in [0.4, 0.5) is 5.82 Å². The largest absolute Gasteiger partial charge is 0.390 e. The minimum atomic E-state index is -0.467. The highest BCUT2D eigenvalue weighted by molar-refractivity contribution is 5.50. The van der Waals surface area contributed by atoms with E-state index in [1.54, 1.807) is 6.20 Å². The quantitative estimate of drug-likeness (QED) is 0.922. The SMILES string of the molecule is CC(C)c1cc(N(C)CCC2(O)CCCC2)n2nccc2n1. The molecule has 2 heterocycles. The Morgan fingerprint density at radius 1 is 1.36 bits per heavy atom. The van der Waals surface area contributed by atoms with Gasteiger partial charge in [0.25, 0.3) is 0 Å². The first-order valence-corrected chi connectivity index (χ1v) is 8.27. The molecule has 1 fully saturated rings. The third-order valence-corrected chi connectivity index (χ3v) is 4.79. The van der Waals surface area contributed by atoms with Gasteiger partial charge in [-0.25, -0.2) is 4.98 Å². The maximum Gasteiger partial charge on any atom is 0.157 e. The van der Waals surface area contributed by atoms with Gasteiger partial charge < -0.3 is 10.0 Å². The summed E-state index contributed by atoms with van der Waals surface area (Å²) in [5.74, 6) is 1.42. The zero-order chi connectivity index (χ0) is 15.7. The van der Waals surface area contributed by atoms with Crippen LogP contribution in [0, 0.1) is 0 Å². The van der Waals surface area contributed by atoms with Crippen LogP contribution in [0.1, 0.15) is 57.6 Å². The van der Waals surface area contributed by atoms with Crippen LogP contribution < -0.4 is 4.90 Å². The molecule has 5 nitrogen and oxygen atoms in total. The third-order valence-electron chi connectivity index (χ3n) is 4.79. The molecule has 1 saturated carbocycles. The minimum Gasteiger partial charge on any atom is -0.390 e. The number of nitrogens with zero attached hydrogens (tertiary/aromatic N) is 4. The Hall–Kier alpha value is -1.62. The summed E-state index contributed by atoms with van der Waals surface area (Å²) in [5, 5.41) is 14.9. The molecule has 1 N–H and O–H groups in total. The predicted molar refractivity (Wildman–Crippen MR) is 88.4 cm³/mol. The molecule has 5 heteroatoms. The van der Waals surface area contributed by atoms with E-state index in [-0.39, 0.29) is 0 Å². The average Bonchev–Trinajstić information content (AvgIpc) is 3.12. The maximum absolute atomic E-state index is 10.5. The second kappa shape index (κ2) is 5.88. The molecule has 22 heavy (non-hydrogen) atoms. The van der Waals surface area contributed by atoms with Crippen LogP contribution >= 0.6 is 0 Å². The summed E-state index contributed by atoms with van der Waals surface area (Å²) < 4.78 is 1.88. The molecule has 120 valence electrons. The van der Waals surface area contributed by atoms with Gasteiger partial charge >= 0.3 is 0 Å². The highest BCUT2D eigenvalue weighted by atomic mass is 16.3. The topological polar surface area (TPSA) is 53.7 Å². The zero-order valence-corrected chi connectivity index (χ0v) is 13.8. The van der Waals surface area contributed by atoms with Gasteiger partial charge in [0.05, 0.1) is 11.8 Å². The van der Waals surface area contributed by atoms with Gasteiger partial charge in [-0.05, 0) is 25.2 Å². The van der Waals surface area contributed by atoms with Crippen LogP contribution in [0.2, 0.25) is 0 Å². The van der Waals surface area contributed by atoms with Crippen LogP contribution in [-0.2, 0) is 0 Å². The van der Waals surface area contributed by atoms with Crippen LogP contribution in [-0.4, -0.2) is 38.9 Å². The van der Waals surface area contributed by atoms with Crippen molar-refractivity contribution in [3.8, 4) is 0 Å². The van der Waals surface area contributed by atoms with Gasteiger partial charge in [-0.2, -0.15) is 9.61 Å². The summed E-state index contributed by atoms with van der Waals surface area (Å²) in [6.07, 6.45) is 6.77. The van der Waals surface area contributed by atoms with Gasteiger partial charge in [-0.15, -0.1) is 0 Å². The van der Waals surface area contributed by atoms with E-state index >= 15 is 0 Å². The Morgan fingerprint density at radius 3 is 2.77 bits per heavy atom. The van der Waals surface area contributed by atoms with Gasteiger partial charge in [0.2, 0.25) is 0 Å². The summed E-state index contributed by atoms with van der Waals surface area (Å²) in [6.45, 7) is 5.13. The molecule has 0 spiro atoms. The van der Waals surface area contributed by atoms with E-state index in [0.717, 1.165) is 55.8 Å². The Labute approximate surface area is 132 Å². The number of hydrogen-bond donors (Lipinski definition) is 1. The molecule has 0 saturated heterocycles. The highest BCUT2D eigenvalue weighted by Gasteiger charge is 2.31. The number of aliphatic hydroxyl groups is 1. The van der Waals surface area contributed by atoms with E-state index in [0.29, 0.717) is 5.92 Å². The first-order valence-electron chi connectivity index (χ1n) is 8.27. The van der Waals surface area contributed by atoms with E-state index in [9.17, 15) is 5.11 Å². The molecule has 0 aromatic carbocycles. The Bertz CT molecular complexity index is 643. The zero-order valence-electron chi connectivity index (χ0n) is 13.8. The number of anilines is 1. The van der Waals surface area contributed by atoms with Crippen molar-refractivity contribution in [2.75, 3.05) is 18.5 Å². The van der Waals surface area contributed by atoms with Crippen molar-refractivity contribution < 1.29 is 5.11 Å². The van der Waals surface area contributed by atoms with Crippen LogP contribution in [0.25, 0.3) is 5.65 Å². The summed E-state index contributed by atoms with van der Waals surface area (Å²) >= 11 is 0. The molecular weight excluding hydrogens is 276 g/mol. The predicted octanol–water partition coefficient (Wildman–Crippen LogP) is 2.98. The van der Waals surface area contributed by atoms with Crippen molar-refractivity contribution in [3.05, 3.63) is 24.0 Å². The van der Waals surface area contributed by atoms with Gasteiger partial charge in [0.15, 0.2) is 5.65 Å². The normalized spacial score (nSPS) is 17.5. The molecule has 0 radical (unpaired) electrons. The fourth-order valence-corrected chi connectivity index (χ4v) is 3.26. The molecule has 0 amide bonds. The molecule has 0 aliphatic heterocycles. The van der Waals surface area contributed by atoms with Crippen LogP contribution in [0.5, 0.6) is 0 Å². The average molecular weight is 302 g/mol. The van der Waals surface area contributed by atoms with Gasteiger partial charge in [-0.1, -0.05) is 26.7 Å². The molecule has 1 aliphatic rings. The summed E-state index contributed by atoms with van der Waals surface area (Å²) in [6, 6.07) is 4.05. The number of rotatable bonds is 5. The molecule has 0 bridgehead atoms. The number of hydrogen-bond acceptors (Lipinski definition) is 4. The lowest BCUT2D eigenvalue weighted by Gasteiger charge is -2.27. The molecular formula is C17H26N4O. The molecule has 0 atom stereocenters. The summed E-state index contributed by atoms with van der Waals surface area (Å²) in [7, 11) is 2.07. The van der Waals surface area contributed by atoms with Gasteiger partial charge in [-0.3, -0.25) is 0 Å². The number of aromatic nitrogens is 3. The molecule has 2 aromatic rings. The van der Waals surface area contributed by atoms with E-state index in [1.165, 1.54) is 0 Å². The maximum atomic E-state index is 10.5. The Morgan fingerprint density at radius 2 is 2.09 bits per heavy atom. The molecule has 0 unspecified atom stereocenters. The second-order valence-corrected chi connectivity index (χ2v) is 6.90. The minimum absolute atomic E-state index is 0.381. The standard InChI is InChI=1S/C17H26N4O/c1-13(2)14-12-16(21-15(19-14)6-10-18-21)20(3)11-9-17(22)7-4-5-8-17/h6,10,12-13,22H,4-5,7-9,11H2,1-3H3. The summed E-state index contributed by atoms with van der Waals surface area (Å²) in [5.41, 5.74) is 1.49. The smallest absolute Gasteiger partial charge is 0.157 e. The van der Waals surface area contributed by atoms with Gasteiger partial charge in [0.1, 0.15) is 5.82 Å². The van der Waals surface area contributed by atoms with Crippen molar-refractivity contribution >= 4 is 11.5 Å². The van der Waals surface area contributed by atoms with E-state index in [1.807, 2.05) is 10.6 Å². The van der Waals surface area contributed by atoms with Crippen LogP contribution in [0.15, 0.2) is 18.3 Å². The first-order chi connectivity index (χ1) is 10.5.